The number of nitrogens with one attached hydrogen (secondary N) is 2. The summed E-state index contributed by atoms with van der Waals surface area (Å²) >= 11 is 0. The Hall–Kier alpha value is -2.11. The lowest BCUT2D eigenvalue weighted by Crippen LogP contribution is -2.45. The molecule has 0 bridgehead atoms. The fraction of sp³-hybridized carbons (Fsp3) is 0.333. The molecule has 0 aromatic heterocycles. The molecule has 0 aliphatic heterocycles. The van der Waals surface area contributed by atoms with Crippen LogP contribution in [0.1, 0.15) is 25.5 Å². The second-order valence-corrected chi connectivity index (χ2v) is 3.95. The van der Waals surface area contributed by atoms with E-state index in [2.05, 4.69) is 10.6 Å². The van der Waals surface area contributed by atoms with Crippen molar-refractivity contribution in [3.63, 3.8) is 0 Å². The SMILES string of the molecule is CC(NC(=O)NC(C)c1cccc(F)c1)C(=O)O. The van der Waals surface area contributed by atoms with E-state index in [0.717, 1.165) is 0 Å². The van der Waals surface area contributed by atoms with Gasteiger partial charge in [0.1, 0.15) is 11.9 Å². The summed E-state index contributed by atoms with van der Waals surface area (Å²) in [5.41, 5.74) is 0.605. The van der Waals surface area contributed by atoms with E-state index >= 15 is 0 Å². The summed E-state index contributed by atoms with van der Waals surface area (Å²) in [4.78, 5) is 22.0. The van der Waals surface area contributed by atoms with E-state index < -0.39 is 24.1 Å². The van der Waals surface area contributed by atoms with Crippen LogP contribution in [0.2, 0.25) is 0 Å². The number of hydrogen-bond acceptors (Lipinski definition) is 2. The highest BCUT2D eigenvalue weighted by Gasteiger charge is 2.15. The number of carboxylic acids is 1. The number of carbonyl (C=O) groups excluding carboxylic acids is 1. The minimum absolute atomic E-state index is 0.388. The van der Waals surface area contributed by atoms with Gasteiger partial charge in [-0.2, -0.15) is 0 Å². The number of carboxylic acid groups (broad SMARTS) is 1. The molecule has 2 amide bonds. The van der Waals surface area contributed by atoms with Gasteiger partial charge in [0.2, 0.25) is 0 Å². The van der Waals surface area contributed by atoms with Gasteiger partial charge in [-0.25, -0.2) is 9.18 Å². The molecule has 6 heteroatoms. The largest absolute Gasteiger partial charge is 0.480 e. The highest BCUT2D eigenvalue weighted by atomic mass is 19.1. The first-order valence-electron chi connectivity index (χ1n) is 5.45. The van der Waals surface area contributed by atoms with E-state index in [-0.39, 0.29) is 5.82 Å². The molecule has 0 fully saturated rings. The van der Waals surface area contributed by atoms with Crippen LogP contribution < -0.4 is 10.6 Å². The quantitative estimate of drug-likeness (QED) is 0.764. The Kier molecular flexibility index (Phi) is 4.65. The van der Waals surface area contributed by atoms with Crippen LogP contribution in [0.5, 0.6) is 0 Å². The van der Waals surface area contributed by atoms with Crippen LogP contribution in [-0.2, 0) is 4.79 Å². The zero-order valence-electron chi connectivity index (χ0n) is 10.1. The summed E-state index contributed by atoms with van der Waals surface area (Å²) in [6.45, 7) is 3.04. The summed E-state index contributed by atoms with van der Waals surface area (Å²) in [5, 5.41) is 13.4. The Labute approximate surface area is 104 Å². The zero-order chi connectivity index (χ0) is 13.7. The molecule has 0 saturated heterocycles. The van der Waals surface area contributed by atoms with Crippen LogP contribution in [0, 0.1) is 5.82 Å². The van der Waals surface area contributed by atoms with Crippen LogP contribution >= 0.6 is 0 Å². The summed E-state index contributed by atoms with van der Waals surface area (Å²) in [5.74, 6) is -1.51. The van der Waals surface area contributed by atoms with Crippen molar-refractivity contribution in [1.29, 1.82) is 0 Å². The first-order valence-corrected chi connectivity index (χ1v) is 5.45. The maximum absolute atomic E-state index is 13.0. The number of rotatable bonds is 4. The number of amides is 2. The maximum atomic E-state index is 13.0. The van der Waals surface area contributed by atoms with E-state index in [0.29, 0.717) is 5.56 Å². The lowest BCUT2D eigenvalue weighted by atomic mass is 10.1. The van der Waals surface area contributed by atoms with Gasteiger partial charge in [0.05, 0.1) is 6.04 Å². The molecule has 1 aromatic rings. The normalized spacial score (nSPS) is 13.5. The number of hydrogen-bond donors (Lipinski definition) is 3. The highest BCUT2D eigenvalue weighted by molar-refractivity contribution is 5.82. The molecule has 0 saturated carbocycles. The molecule has 0 radical (unpaired) electrons. The molecular weight excluding hydrogens is 239 g/mol. The summed E-state index contributed by atoms with van der Waals surface area (Å²) < 4.78 is 13.0. The van der Waals surface area contributed by atoms with E-state index in [1.165, 1.54) is 19.1 Å². The van der Waals surface area contributed by atoms with Gasteiger partial charge in [0, 0.05) is 0 Å². The smallest absolute Gasteiger partial charge is 0.325 e. The first kappa shape index (κ1) is 14.0. The van der Waals surface area contributed by atoms with Crippen LogP contribution in [0.25, 0.3) is 0 Å². The summed E-state index contributed by atoms with van der Waals surface area (Å²) in [6, 6.07) is 3.83. The fourth-order valence-electron chi connectivity index (χ4n) is 1.36. The number of halogens is 1. The third kappa shape index (κ3) is 4.04. The van der Waals surface area contributed by atoms with E-state index in [1.54, 1.807) is 19.1 Å². The predicted molar refractivity (Wildman–Crippen MR) is 63.6 cm³/mol. The van der Waals surface area contributed by atoms with Crippen molar-refractivity contribution in [2.45, 2.75) is 25.9 Å². The third-order valence-corrected chi connectivity index (χ3v) is 2.41. The molecule has 0 heterocycles. The molecule has 2 unspecified atom stereocenters. The van der Waals surface area contributed by atoms with Gasteiger partial charge in [0.25, 0.3) is 0 Å². The average molecular weight is 254 g/mol. The molecule has 98 valence electrons. The number of aliphatic carboxylic acids is 1. The van der Waals surface area contributed by atoms with Crippen LogP contribution in [0.3, 0.4) is 0 Å². The highest BCUT2D eigenvalue weighted by Crippen LogP contribution is 2.13. The van der Waals surface area contributed by atoms with Gasteiger partial charge >= 0.3 is 12.0 Å². The number of benzene rings is 1. The predicted octanol–water partition coefficient (Wildman–Crippen LogP) is 1.66. The molecule has 18 heavy (non-hydrogen) atoms. The Morgan fingerprint density at radius 1 is 1.28 bits per heavy atom. The lowest BCUT2D eigenvalue weighted by molar-refractivity contribution is -0.138. The third-order valence-electron chi connectivity index (χ3n) is 2.41. The summed E-state index contributed by atoms with van der Waals surface area (Å²) in [7, 11) is 0. The van der Waals surface area contributed by atoms with Gasteiger partial charge in [-0.05, 0) is 31.5 Å². The molecule has 3 N–H and O–H groups in total. The molecule has 0 aliphatic carbocycles. The second kappa shape index (κ2) is 6.00. The number of urea groups is 1. The second-order valence-electron chi connectivity index (χ2n) is 3.95. The lowest BCUT2D eigenvalue weighted by Gasteiger charge is -2.16. The minimum Gasteiger partial charge on any atom is -0.480 e. The van der Waals surface area contributed by atoms with Crippen molar-refractivity contribution >= 4 is 12.0 Å². The maximum Gasteiger partial charge on any atom is 0.325 e. The van der Waals surface area contributed by atoms with Gasteiger partial charge < -0.3 is 15.7 Å². The van der Waals surface area contributed by atoms with Crippen LogP contribution in [0.4, 0.5) is 9.18 Å². The Bertz CT molecular complexity index is 451. The van der Waals surface area contributed by atoms with Crippen molar-refractivity contribution in [2.75, 3.05) is 0 Å². The fourth-order valence-corrected chi connectivity index (χ4v) is 1.36. The zero-order valence-corrected chi connectivity index (χ0v) is 10.1. The molecular formula is C12H15FN2O3. The van der Waals surface area contributed by atoms with Gasteiger partial charge in [0.15, 0.2) is 0 Å². The monoisotopic (exact) mass is 254 g/mol. The van der Waals surface area contributed by atoms with Crippen LogP contribution in [0.15, 0.2) is 24.3 Å². The molecule has 5 nitrogen and oxygen atoms in total. The van der Waals surface area contributed by atoms with Gasteiger partial charge in [-0.15, -0.1) is 0 Å². The Morgan fingerprint density at radius 2 is 1.94 bits per heavy atom. The standard InChI is InChI=1S/C12H15FN2O3/c1-7(9-4-3-5-10(13)6-9)14-12(18)15-8(2)11(16)17/h3-8H,1-2H3,(H,16,17)(H2,14,15,18). The Balaban J connectivity index is 2.57. The molecule has 0 spiro atoms. The van der Waals surface area contributed by atoms with Gasteiger partial charge in [-0.1, -0.05) is 12.1 Å². The Morgan fingerprint density at radius 3 is 2.50 bits per heavy atom. The van der Waals surface area contributed by atoms with E-state index in [9.17, 15) is 14.0 Å². The van der Waals surface area contributed by atoms with Crippen molar-refractivity contribution in [2.24, 2.45) is 0 Å². The van der Waals surface area contributed by atoms with Gasteiger partial charge in [-0.3, -0.25) is 4.79 Å². The first-order chi connectivity index (χ1) is 8.40. The topological polar surface area (TPSA) is 78.4 Å². The van der Waals surface area contributed by atoms with Crippen molar-refractivity contribution in [1.82, 2.24) is 10.6 Å². The minimum atomic E-state index is -1.12. The van der Waals surface area contributed by atoms with E-state index in [4.69, 9.17) is 5.11 Å². The molecule has 0 aliphatic rings. The molecule has 1 rings (SSSR count). The van der Waals surface area contributed by atoms with E-state index in [1.807, 2.05) is 0 Å². The molecule has 2 atom stereocenters. The van der Waals surface area contributed by atoms with Crippen LogP contribution in [-0.4, -0.2) is 23.1 Å². The van der Waals surface area contributed by atoms with Crippen molar-refractivity contribution in [3.05, 3.63) is 35.6 Å². The average Bonchev–Trinajstić information content (AvgIpc) is 2.28. The summed E-state index contributed by atoms with van der Waals surface area (Å²) in [6.07, 6.45) is 0. The van der Waals surface area contributed by atoms with Crippen molar-refractivity contribution < 1.29 is 19.1 Å². The molecule has 1 aromatic carbocycles. The van der Waals surface area contributed by atoms with Crippen molar-refractivity contribution in [3.8, 4) is 0 Å². The number of carbonyl (C=O) groups is 2.